The van der Waals surface area contributed by atoms with Crippen LogP contribution in [0.25, 0.3) is 21.5 Å². The van der Waals surface area contributed by atoms with Crippen LogP contribution in [-0.4, -0.2) is 19.2 Å². The van der Waals surface area contributed by atoms with Crippen molar-refractivity contribution in [1.29, 1.82) is 0 Å². The molecular formula is C20H18O3. The molecule has 0 heterocycles. The molecule has 0 aliphatic rings. The van der Waals surface area contributed by atoms with E-state index in [2.05, 4.69) is 36.9 Å². The molecule has 0 bridgehead atoms. The first-order valence-electron chi connectivity index (χ1n) is 7.53. The summed E-state index contributed by atoms with van der Waals surface area (Å²) < 4.78 is 10.8. The Labute approximate surface area is 135 Å². The standard InChI is InChI=1S/C20H18O3/c1-14(2)20(21)23-13-12-22-19-9-5-8-17-16-7-4-3-6-15(16)10-11-18(17)19/h3-11H,1,12-13H2,2H3. The number of fused-ring (bicyclic) bond motifs is 3. The average Bonchev–Trinajstić information content (AvgIpc) is 2.58. The summed E-state index contributed by atoms with van der Waals surface area (Å²) in [5.74, 6) is 0.400. The van der Waals surface area contributed by atoms with E-state index in [9.17, 15) is 4.79 Å². The highest BCUT2D eigenvalue weighted by Crippen LogP contribution is 2.31. The highest BCUT2D eigenvalue weighted by Gasteiger charge is 2.06. The van der Waals surface area contributed by atoms with Crippen LogP contribution in [-0.2, 0) is 9.53 Å². The molecule has 116 valence electrons. The van der Waals surface area contributed by atoms with Gasteiger partial charge >= 0.3 is 5.97 Å². The van der Waals surface area contributed by atoms with Gasteiger partial charge in [0.15, 0.2) is 0 Å². The molecule has 0 radical (unpaired) electrons. The van der Waals surface area contributed by atoms with Crippen LogP contribution in [0.3, 0.4) is 0 Å². The van der Waals surface area contributed by atoms with Gasteiger partial charge in [-0.1, -0.05) is 55.1 Å². The Morgan fingerprint density at radius 2 is 1.70 bits per heavy atom. The molecule has 0 spiro atoms. The second-order valence-electron chi connectivity index (χ2n) is 5.40. The van der Waals surface area contributed by atoms with Gasteiger partial charge in [0.1, 0.15) is 19.0 Å². The predicted molar refractivity (Wildman–Crippen MR) is 92.7 cm³/mol. The van der Waals surface area contributed by atoms with E-state index in [4.69, 9.17) is 9.47 Å². The van der Waals surface area contributed by atoms with Gasteiger partial charge in [-0.05, 0) is 29.1 Å². The van der Waals surface area contributed by atoms with E-state index in [1.165, 1.54) is 10.8 Å². The van der Waals surface area contributed by atoms with Crippen molar-refractivity contribution in [3.8, 4) is 5.75 Å². The number of rotatable bonds is 5. The highest BCUT2D eigenvalue weighted by atomic mass is 16.6. The Bertz CT molecular complexity index is 880. The van der Waals surface area contributed by atoms with E-state index in [0.29, 0.717) is 12.2 Å². The van der Waals surface area contributed by atoms with E-state index in [-0.39, 0.29) is 6.61 Å². The first-order chi connectivity index (χ1) is 11.2. The molecule has 0 unspecified atom stereocenters. The van der Waals surface area contributed by atoms with E-state index in [1.807, 2.05) is 24.3 Å². The van der Waals surface area contributed by atoms with Crippen LogP contribution >= 0.6 is 0 Å². The largest absolute Gasteiger partial charge is 0.489 e. The number of ether oxygens (including phenoxy) is 2. The van der Waals surface area contributed by atoms with Crippen LogP contribution in [0.1, 0.15) is 6.92 Å². The average molecular weight is 306 g/mol. The molecule has 0 saturated carbocycles. The monoisotopic (exact) mass is 306 g/mol. The molecule has 3 nitrogen and oxygen atoms in total. The molecule has 0 amide bonds. The summed E-state index contributed by atoms with van der Waals surface area (Å²) >= 11 is 0. The van der Waals surface area contributed by atoms with Gasteiger partial charge in [0.2, 0.25) is 0 Å². The maximum absolute atomic E-state index is 11.3. The van der Waals surface area contributed by atoms with Gasteiger partial charge in [-0.3, -0.25) is 0 Å². The van der Waals surface area contributed by atoms with Gasteiger partial charge in [0.05, 0.1) is 0 Å². The molecule has 23 heavy (non-hydrogen) atoms. The summed E-state index contributed by atoms with van der Waals surface area (Å²) in [7, 11) is 0. The minimum Gasteiger partial charge on any atom is -0.489 e. The van der Waals surface area contributed by atoms with Crippen molar-refractivity contribution in [3.63, 3.8) is 0 Å². The van der Waals surface area contributed by atoms with E-state index in [0.717, 1.165) is 16.5 Å². The summed E-state index contributed by atoms with van der Waals surface area (Å²) in [6, 6.07) is 18.4. The summed E-state index contributed by atoms with van der Waals surface area (Å²) in [5.41, 5.74) is 0.390. The molecule has 3 heteroatoms. The van der Waals surface area contributed by atoms with Gasteiger partial charge in [-0.15, -0.1) is 0 Å². The minimum atomic E-state index is -0.391. The Kier molecular flexibility index (Phi) is 4.29. The number of carbonyl (C=O) groups is 1. The number of esters is 1. The fraction of sp³-hybridized carbons (Fsp3) is 0.150. The summed E-state index contributed by atoms with van der Waals surface area (Å²) in [6.07, 6.45) is 0. The number of benzene rings is 3. The molecule has 3 aromatic carbocycles. The van der Waals surface area contributed by atoms with Crippen LogP contribution in [0.5, 0.6) is 5.75 Å². The van der Waals surface area contributed by atoms with Crippen LogP contribution in [0.2, 0.25) is 0 Å². The quantitative estimate of drug-likeness (QED) is 0.301. The van der Waals surface area contributed by atoms with E-state index >= 15 is 0 Å². The molecule has 0 atom stereocenters. The fourth-order valence-corrected chi connectivity index (χ4v) is 2.55. The molecule has 3 aromatic rings. The third-order valence-corrected chi connectivity index (χ3v) is 3.67. The third kappa shape index (κ3) is 3.19. The van der Waals surface area contributed by atoms with Gasteiger partial charge in [0.25, 0.3) is 0 Å². The lowest BCUT2D eigenvalue weighted by Gasteiger charge is -2.11. The van der Waals surface area contributed by atoms with Crippen LogP contribution in [0.4, 0.5) is 0 Å². The van der Waals surface area contributed by atoms with Crippen molar-refractivity contribution < 1.29 is 14.3 Å². The lowest BCUT2D eigenvalue weighted by atomic mass is 10.0. The topological polar surface area (TPSA) is 35.5 Å². The minimum absolute atomic E-state index is 0.204. The fourth-order valence-electron chi connectivity index (χ4n) is 2.55. The first kappa shape index (κ1) is 15.1. The van der Waals surface area contributed by atoms with E-state index < -0.39 is 5.97 Å². The Hall–Kier alpha value is -2.81. The van der Waals surface area contributed by atoms with Crippen LogP contribution in [0.15, 0.2) is 66.7 Å². The lowest BCUT2D eigenvalue weighted by molar-refractivity contribution is -0.139. The molecule has 0 saturated heterocycles. The zero-order valence-electron chi connectivity index (χ0n) is 13.0. The maximum Gasteiger partial charge on any atom is 0.333 e. The Morgan fingerprint density at radius 3 is 2.52 bits per heavy atom. The van der Waals surface area contributed by atoms with Crippen molar-refractivity contribution in [1.82, 2.24) is 0 Å². The smallest absolute Gasteiger partial charge is 0.333 e. The molecule has 0 aromatic heterocycles. The van der Waals surface area contributed by atoms with Gasteiger partial charge in [-0.2, -0.15) is 0 Å². The Morgan fingerprint density at radius 1 is 0.913 bits per heavy atom. The first-order valence-corrected chi connectivity index (χ1v) is 7.53. The number of carbonyl (C=O) groups excluding carboxylic acids is 1. The summed E-state index contributed by atoms with van der Waals surface area (Å²) in [6.45, 7) is 5.68. The highest BCUT2D eigenvalue weighted by molar-refractivity contribution is 6.09. The van der Waals surface area contributed by atoms with Crippen molar-refractivity contribution >= 4 is 27.5 Å². The molecular weight excluding hydrogens is 288 g/mol. The number of hydrogen-bond acceptors (Lipinski definition) is 3. The number of hydrogen-bond donors (Lipinski definition) is 0. The van der Waals surface area contributed by atoms with Crippen LogP contribution < -0.4 is 4.74 Å². The molecule has 0 N–H and O–H groups in total. The molecule has 0 fully saturated rings. The second-order valence-corrected chi connectivity index (χ2v) is 5.40. The normalized spacial score (nSPS) is 10.7. The van der Waals surface area contributed by atoms with Gasteiger partial charge in [0, 0.05) is 11.0 Å². The molecule has 0 aliphatic carbocycles. The maximum atomic E-state index is 11.3. The SMILES string of the molecule is C=C(C)C(=O)OCCOc1cccc2c1ccc1ccccc12. The van der Waals surface area contributed by atoms with Gasteiger partial charge < -0.3 is 9.47 Å². The summed E-state index contributed by atoms with van der Waals surface area (Å²) in [4.78, 5) is 11.3. The Balaban J connectivity index is 1.80. The van der Waals surface area contributed by atoms with Gasteiger partial charge in [-0.25, -0.2) is 4.79 Å². The predicted octanol–water partition coefficient (Wildman–Crippen LogP) is 4.49. The van der Waals surface area contributed by atoms with Crippen molar-refractivity contribution in [2.24, 2.45) is 0 Å². The lowest BCUT2D eigenvalue weighted by Crippen LogP contribution is -2.12. The molecule has 3 rings (SSSR count). The second kappa shape index (κ2) is 6.53. The van der Waals surface area contributed by atoms with Crippen molar-refractivity contribution in [2.75, 3.05) is 13.2 Å². The zero-order chi connectivity index (χ0) is 16.2. The zero-order valence-corrected chi connectivity index (χ0v) is 13.0. The van der Waals surface area contributed by atoms with E-state index in [1.54, 1.807) is 6.92 Å². The summed E-state index contributed by atoms with van der Waals surface area (Å²) in [5, 5.41) is 4.61. The van der Waals surface area contributed by atoms with Crippen molar-refractivity contribution in [2.45, 2.75) is 6.92 Å². The van der Waals surface area contributed by atoms with Crippen LogP contribution in [0, 0.1) is 0 Å². The molecule has 0 aliphatic heterocycles. The van der Waals surface area contributed by atoms with Crippen molar-refractivity contribution in [3.05, 3.63) is 66.7 Å². The third-order valence-electron chi connectivity index (χ3n) is 3.67.